The zero-order chi connectivity index (χ0) is 22.9. The van der Waals surface area contributed by atoms with E-state index in [1.165, 1.54) is 11.8 Å². The third-order valence-electron chi connectivity index (χ3n) is 4.52. The number of hydrogen-bond acceptors (Lipinski definition) is 4. The van der Waals surface area contributed by atoms with E-state index in [1.807, 2.05) is 61.5 Å². The van der Waals surface area contributed by atoms with Crippen LogP contribution >= 0.6 is 24.0 Å². The standard InChI is InChI=1S/C24H24N4O2S2/c1-2-21(23(30)28-20-14-7-6-13-19(20)22(25)29)32-18-12-8-11-17(15-18)27-24(31)26-16-9-4-3-5-10-16/h3-15,21H,2H2,1H3,(H2,25,29)(H,28,30)(H2,26,27,31). The van der Waals surface area contributed by atoms with Crippen LogP contribution in [-0.2, 0) is 4.79 Å². The first-order valence-corrected chi connectivity index (χ1v) is 11.3. The third-order valence-corrected chi connectivity index (χ3v) is 6.08. The summed E-state index contributed by atoms with van der Waals surface area (Å²) in [7, 11) is 0. The van der Waals surface area contributed by atoms with E-state index >= 15 is 0 Å². The lowest BCUT2D eigenvalue weighted by molar-refractivity contribution is -0.115. The number of benzene rings is 3. The van der Waals surface area contributed by atoms with Crippen LogP contribution in [0.25, 0.3) is 0 Å². The minimum absolute atomic E-state index is 0.189. The van der Waals surface area contributed by atoms with Crippen LogP contribution in [0.2, 0.25) is 0 Å². The van der Waals surface area contributed by atoms with Crippen LogP contribution in [0.1, 0.15) is 23.7 Å². The number of primary amides is 1. The van der Waals surface area contributed by atoms with Crippen LogP contribution < -0.4 is 21.7 Å². The first-order valence-electron chi connectivity index (χ1n) is 10.1. The molecule has 0 fully saturated rings. The highest BCUT2D eigenvalue weighted by Crippen LogP contribution is 2.29. The Morgan fingerprint density at radius 2 is 1.56 bits per heavy atom. The number of rotatable bonds is 8. The van der Waals surface area contributed by atoms with Crippen LogP contribution in [0, 0.1) is 0 Å². The highest BCUT2D eigenvalue weighted by Gasteiger charge is 2.20. The van der Waals surface area contributed by atoms with Gasteiger partial charge in [-0.1, -0.05) is 43.3 Å². The van der Waals surface area contributed by atoms with Gasteiger partial charge in [0.25, 0.3) is 5.91 Å². The number of amides is 2. The molecule has 0 saturated heterocycles. The lowest BCUT2D eigenvalue weighted by atomic mass is 10.1. The molecule has 2 amide bonds. The maximum absolute atomic E-state index is 12.9. The molecule has 3 aromatic carbocycles. The largest absolute Gasteiger partial charge is 0.366 e. The van der Waals surface area contributed by atoms with Crippen LogP contribution in [0.3, 0.4) is 0 Å². The van der Waals surface area contributed by atoms with Crippen LogP contribution in [-0.4, -0.2) is 22.2 Å². The number of thioether (sulfide) groups is 1. The molecule has 0 bridgehead atoms. The van der Waals surface area contributed by atoms with Crippen molar-refractivity contribution in [2.45, 2.75) is 23.5 Å². The molecule has 3 rings (SSSR count). The summed E-state index contributed by atoms with van der Waals surface area (Å²) in [5, 5.41) is 9.26. The number of carbonyl (C=O) groups excluding carboxylic acids is 2. The summed E-state index contributed by atoms with van der Waals surface area (Å²) in [5.74, 6) is -0.772. The Kier molecular flexibility index (Phi) is 8.24. The van der Waals surface area contributed by atoms with Crippen molar-refractivity contribution in [3.05, 3.63) is 84.4 Å². The van der Waals surface area contributed by atoms with Gasteiger partial charge >= 0.3 is 0 Å². The monoisotopic (exact) mass is 464 g/mol. The fourth-order valence-electron chi connectivity index (χ4n) is 2.97. The average molecular weight is 465 g/mol. The second-order valence-electron chi connectivity index (χ2n) is 6.89. The topological polar surface area (TPSA) is 96.2 Å². The molecule has 0 radical (unpaired) electrons. The van der Waals surface area contributed by atoms with Crippen LogP contribution in [0.5, 0.6) is 0 Å². The van der Waals surface area contributed by atoms with Crippen molar-refractivity contribution in [1.82, 2.24) is 0 Å². The number of hydrogen-bond donors (Lipinski definition) is 4. The number of nitrogens with one attached hydrogen (secondary N) is 3. The Morgan fingerprint density at radius 1 is 0.906 bits per heavy atom. The molecule has 0 aromatic heterocycles. The van der Waals surface area contributed by atoms with Gasteiger partial charge in [-0.05, 0) is 61.1 Å². The van der Waals surface area contributed by atoms with E-state index in [2.05, 4.69) is 16.0 Å². The van der Waals surface area contributed by atoms with Gasteiger partial charge in [0.1, 0.15) is 0 Å². The van der Waals surface area contributed by atoms with E-state index in [9.17, 15) is 9.59 Å². The molecular formula is C24H24N4O2S2. The van der Waals surface area contributed by atoms with Gasteiger partial charge in [-0.3, -0.25) is 9.59 Å². The molecule has 32 heavy (non-hydrogen) atoms. The normalized spacial score (nSPS) is 11.3. The molecule has 3 aromatic rings. The van der Waals surface area contributed by atoms with Gasteiger partial charge in [0, 0.05) is 16.3 Å². The van der Waals surface area contributed by atoms with Crippen molar-refractivity contribution in [3.63, 3.8) is 0 Å². The fourth-order valence-corrected chi connectivity index (χ4v) is 4.22. The van der Waals surface area contributed by atoms with E-state index < -0.39 is 5.91 Å². The Morgan fingerprint density at radius 3 is 2.28 bits per heavy atom. The Balaban J connectivity index is 1.64. The molecule has 8 heteroatoms. The fraction of sp³-hybridized carbons (Fsp3) is 0.125. The Labute approximate surface area is 197 Å². The summed E-state index contributed by atoms with van der Waals surface area (Å²) in [6, 6.07) is 24.1. The number of para-hydroxylation sites is 2. The molecule has 1 unspecified atom stereocenters. The van der Waals surface area contributed by atoms with Crippen molar-refractivity contribution >= 4 is 58.0 Å². The van der Waals surface area contributed by atoms with E-state index in [4.69, 9.17) is 18.0 Å². The zero-order valence-electron chi connectivity index (χ0n) is 17.5. The summed E-state index contributed by atoms with van der Waals surface area (Å²) >= 11 is 6.83. The van der Waals surface area contributed by atoms with Gasteiger partial charge < -0.3 is 21.7 Å². The molecule has 0 aliphatic heterocycles. The minimum atomic E-state index is -0.583. The molecular weight excluding hydrogens is 440 g/mol. The molecule has 164 valence electrons. The smallest absolute Gasteiger partial charge is 0.250 e. The summed E-state index contributed by atoms with van der Waals surface area (Å²) in [6.45, 7) is 1.94. The van der Waals surface area contributed by atoms with E-state index in [1.54, 1.807) is 24.3 Å². The van der Waals surface area contributed by atoms with E-state index in [-0.39, 0.29) is 16.7 Å². The number of carbonyl (C=O) groups is 2. The first-order chi connectivity index (χ1) is 15.5. The van der Waals surface area contributed by atoms with E-state index in [0.29, 0.717) is 17.2 Å². The second-order valence-corrected chi connectivity index (χ2v) is 8.57. The van der Waals surface area contributed by atoms with Gasteiger partial charge in [0.2, 0.25) is 5.91 Å². The quantitative estimate of drug-likeness (QED) is 0.273. The van der Waals surface area contributed by atoms with Gasteiger partial charge in [-0.2, -0.15) is 0 Å². The SMILES string of the molecule is CCC(Sc1cccc(NC(=S)Nc2ccccc2)c1)C(=O)Nc1ccccc1C(N)=O. The summed E-state index contributed by atoms with van der Waals surface area (Å²) in [5.41, 5.74) is 7.82. The number of anilines is 3. The lowest BCUT2D eigenvalue weighted by Crippen LogP contribution is -2.26. The molecule has 1 atom stereocenters. The lowest BCUT2D eigenvalue weighted by Gasteiger charge is -2.17. The van der Waals surface area contributed by atoms with Crippen molar-refractivity contribution in [2.24, 2.45) is 5.73 Å². The second kappa shape index (κ2) is 11.3. The van der Waals surface area contributed by atoms with E-state index in [0.717, 1.165) is 16.3 Å². The molecule has 0 heterocycles. The van der Waals surface area contributed by atoms with Crippen molar-refractivity contribution in [3.8, 4) is 0 Å². The Hall–Kier alpha value is -3.36. The zero-order valence-corrected chi connectivity index (χ0v) is 19.1. The number of nitrogens with two attached hydrogens (primary N) is 1. The third kappa shape index (κ3) is 6.57. The van der Waals surface area contributed by atoms with Crippen molar-refractivity contribution < 1.29 is 9.59 Å². The predicted molar refractivity (Wildman–Crippen MR) is 136 cm³/mol. The predicted octanol–water partition coefficient (Wildman–Crippen LogP) is 5.10. The highest BCUT2D eigenvalue weighted by molar-refractivity contribution is 8.00. The van der Waals surface area contributed by atoms with Gasteiger partial charge in [-0.25, -0.2) is 0 Å². The van der Waals surface area contributed by atoms with Crippen molar-refractivity contribution in [2.75, 3.05) is 16.0 Å². The summed E-state index contributed by atoms with van der Waals surface area (Å²) in [4.78, 5) is 25.4. The van der Waals surface area contributed by atoms with Crippen LogP contribution in [0.4, 0.5) is 17.1 Å². The maximum Gasteiger partial charge on any atom is 0.250 e. The van der Waals surface area contributed by atoms with Gasteiger partial charge in [0.15, 0.2) is 5.11 Å². The van der Waals surface area contributed by atoms with Gasteiger partial charge in [0.05, 0.1) is 16.5 Å². The molecule has 6 nitrogen and oxygen atoms in total. The average Bonchev–Trinajstić information content (AvgIpc) is 2.78. The molecule has 5 N–H and O–H groups in total. The molecule has 0 spiro atoms. The Bertz CT molecular complexity index is 1110. The molecule has 0 aliphatic carbocycles. The maximum atomic E-state index is 12.9. The first kappa shape index (κ1) is 23.3. The highest BCUT2D eigenvalue weighted by atomic mass is 32.2. The van der Waals surface area contributed by atoms with Gasteiger partial charge in [-0.15, -0.1) is 11.8 Å². The van der Waals surface area contributed by atoms with Crippen LogP contribution in [0.15, 0.2) is 83.8 Å². The summed E-state index contributed by atoms with van der Waals surface area (Å²) < 4.78 is 0. The minimum Gasteiger partial charge on any atom is -0.366 e. The van der Waals surface area contributed by atoms with Crippen molar-refractivity contribution in [1.29, 1.82) is 0 Å². The summed E-state index contributed by atoms with van der Waals surface area (Å²) in [6.07, 6.45) is 0.612. The number of thiocarbonyl (C=S) groups is 1. The molecule has 0 aliphatic rings. The molecule has 0 saturated carbocycles.